The van der Waals surface area contributed by atoms with E-state index in [9.17, 15) is 4.79 Å². The quantitative estimate of drug-likeness (QED) is 0.845. The minimum absolute atomic E-state index is 0.152. The lowest BCUT2D eigenvalue weighted by Gasteiger charge is -2.36. The van der Waals surface area contributed by atoms with Crippen LogP contribution < -0.4 is 5.32 Å². The van der Waals surface area contributed by atoms with E-state index in [1.807, 2.05) is 0 Å². The van der Waals surface area contributed by atoms with E-state index in [1.54, 1.807) is 11.8 Å². The fourth-order valence-corrected chi connectivity index (χ4v) is 4.56. The number of carbonyl (C=O) groups excluding carboxylic acids is 1. The molecule has 1 amide bonds. The van der Waals surface area contributed by atoms with Gasteiger partial charge in [-0.2, -0.15) is 0 Å². The van der Waals surface area contributed by atoms with Gasteiger partial charge in [-0.25, -0.2) is 0 Å². The van der Waals surface area contributed by atoms with Gasteiger partial charge in [0.1, 0.15) is 0 Å². The van der Waals surface area contributed by atoms with Gasteiger partial charge >= 0.3 is 0 Å². The van der Waals surface area contributed by atoms with Gasteiger partial charge in [-0.1, -0.05) is 31.2 Å². The third-order valence-corrected chi connectivity index (χ3v) is 6.20. The standard InChI is InChI=1S/C20H30N2O2S/c1-2-16-6-8-17(9-7-16)19-13-21-10-11-22(19)20(23)15-25-14-18-5-3-4-12-24-18/h6-9,18-19,21H,2-5,10-15H2,1H3. The summed E-state index contributed by atoms with van der Waals surface area (Å²) in [5.74, 6) is 1.75. The normalized spacial score (nSPS) is 24.3. The second-order valence-corrected chi connectivity index (χ2v) is 7.94. The molecule has 2 heterocycles. The molecule has 5 heteroatoms. The van der Waals surface area contributed by atoms with E-state index in [4.69, 9.17) is 4.74 Å². The van der Waals surface area contributed by atoms with Crippen molar-refractivity contribution in [3.8, 4) is 0 Å². The van der Waals surface area contributed by atoms with E-state index in [-0.39, 0.29) is 11.9 Å². The summed E-state index contributed by atoms with van der Waals surface area (Å²) in [5, 5.41) is 3.43. The van der Waals surface area contributed by atoms with E-state index < -0.39 is 0 Å². The highest BCUT2D eigenvalue weighted by Crippen LogP contribution is 2.24. The largest absolute Gasteiger partial charge is 0.377 e. The zero-order valence-electron chi connectivity index (χ0n) is 15.2. The Morgan fingerprint density at radius 3 is 2.88 bits per heavy atom. The maximum atomic E-state index is 12.8. The van der Waals surface area contributed by atoms with Gasteiger partial charge in [0, 0.05) is 32.0 Å². The number of ether oxygens (including phenoxy) is 1. The fourth-order valence-electron chi connectivity index (χ4n) is 3.58. The van der Waals surface area contributed by atoms with Gasteiger partial charge in [0.25, 0.3) is 0 Å². The summed E-state index contributed by atoms with van der Waals surface area (Å²) in [4.78, 5) is 14.8. The monoisotopic (exact) mass is 362 g/mol. The number of thioether (sulfide) groups is 1. The third-order valence-electron chi connectivity index (χ3n) is 5.14. The number of nitrogens with one attached hydrogen (secondary N) is 1. The van der Waals surface area contributed by atoms with E-state index in [1.165, 1.54) is 24.0 Å². The first-order valence-corrected chi connectivity index (χ1v) is 10.7. The van der Waals surface area contributed by atoms with Crippen LogP contribution in [0.3, 0.4) is 0 Å². The molecule has 3 rings (SSSR count). The Hall–Kier alpha value is -1.04. The second kappa shape index (κ2) is 9.60. The Kier molecular flexibility index (Phi) is 7.20. The minimum Gasteiger partial charge on any atom is -0.377 e. The van der Waals surface area contributed by atoms with Crippen LogP contribution in [0.25, 0.3) is 0 Å². The van der Waals surface area contributed by atoms with E-state index in [0.717, 1.165) is 44.8 Å². The molecule has 0 bridgehead atoms. The van der Waals surface area contributed by atoms with Crippen LogP contribution in [0.5, 0.6) is 0 Å². The highest BCUT2D eigenvalue weighted by atomic mass is 32.2. The summed E-state index contributed by atoms with van der Waals surface area (Å²) in [6.45, 7) is 5.56. The molecule has 0 aliphatic carbocycles. The number of benzene rings is 1. The van der Waals surface area contributed by atoms with Gasteiger partial charge in [0.15, 0.2) is 0 Å². The Bertz CT molecular complexity index is 543. The number of rotatable bonds is 6. The number of nitrogens with zero attached hydrogens (tertiary/aromatic N) is 1. The molecule has 2 aliphatic heterocycles. The van der Waals surface area contributed by atoms with Crippen LogP contribution in [0, 0.1) is 0 Å². The number of hydrogen-bond acceptors (Lipinski definition) is 4. The van der Waals surface area contributed by atoms with Crippen LogP contribution >= 0.6 is 11.8 Å². The van der Waals surface area contributed by atoms with Gasteiger partial charge in [0.05, 0.1) is 17.9 Å². The van der Waals surface area contributed by atoms with E-state index in [2.05, 4.69) is 41.4 Å². The summed E-state index contributed by atoms with van der Waals surface area (Å²) in [6.07, 6.45) is 4.96. The first-order chi connectivity index (χ1) is 12.3. The average Bonchev–Trinajstić information content (AvgIpc) is 2.69. The summed E-state index contributed by atoms with van der Waals surface area (Å²) in [7, 11) is 0. The maximum absolute atomic E-state index is 12.8. The lowest BCUT2D eigenvalue weighted by atomic mass is 10.0. The van der Waals surface area contributed by atoms with Crippen molar-refractivity contribution >= 4 is 17.7 Å². The van der Waals surface area contributed by atoms with E-state index >= 15 is 0 Å². The number of piperazine rings is 1. The summed E-state index contributed by atoms with van der Waals surface area (Å²) < 4.78 is 5.76. The Labute approximate surface area is 155 Å². The molecule has 1 aromatic rings. The average molecular weight is 363 g/mol. The molecule has 0 saturated carbocycles. The van der Waals surface area contributed by atoms with Crippen LogP contribution in [-0.4, -0.2) is 54.7 Å². The lowest BCUT2D eigenvalue weighted by molar-refractivity contribution is -0.131. The number of carbonyl (C=O) groups is 1. The molecule has 2 unspecified atom stereocenters. The number of aryl methyl sites for hydroxylation is 1. The molecule has 25 heavy (non-hydrogen) atoms. The smallest absolute Gasteiger partial charge is 0.233 e. The molecule has 0 radical (unpaired) electrons. The van der Waals surface area contributed by atoms with Gasteiger partial charge in [-0.15, -0.1) is 11.8 Å². The van der Waals surface area contributed by atoms with Gasteiger partial charge < -0.3 is 15.0 Å². The van der Waals surface area contributed by atoms with Crippen LogP contribution in [0.15, 0.2) is 24.3 Å². The SMILES string of the molecule is CCc1ccc(C2CNCCN2C(=O)CSCC2CCCCO2)cc1. The second-order valence-electron chi connectivity index (χ2n) is 6.91. The lowest BCUT2D eigenvalue weighted by Crippen LogP contribution is -2.49. The Balaban J connectivity index is 1.54. The summed E-state index contributed by atoms with van der Waals surface area (Å²) in [6, 6.07) is 8.88. The first-order valence-electron chi connectivity index (χ1n) is 9.56. The van der Waals surface area contributed by atoms with Gasteiger partial charge in [-0.05, 0) is 36.8 Å². The maximum Gasteiger partial charge on any atom is 0.233 e. The molecule has 2 atom stereocenters. The molecular weight excluding hydrogens is 332 g/mol. The zero-order chi connectivity index (χ0) is 17.5. The Morgan fingerprint density at radius 1 is 1.32 bits per heavy atom. The summed E-state index contributed by atoms with van der Waals surface area (Å²) in [5.41, 5.74) is 2.58. The molecule has 2 saturated heterocycles. The van der Waals surface area contributed by atoms with Gasteiger partial charge in [-0.3, -0.25) is 4.79 Å². The van der Waals surface area contributed by atoms with Crippen molar-refractivity contribution in [2.45, 2.75) is 44.8 Å². The zero-order valence-corrected chi connectivity index (χ0v) is 16.0. The molecule has 138 valence electrons. The fraction of sp³-hybridized carbons (Fsp3) is 0.650. The van der Waals surface area contributed by atoms with Crippen LogP contribution in [0.1, 0.15) is 43.4 Å². The van der Waals surface area contributed by atoms with Crippen molar-refractivity contribution in [1.82, 2.24) is 10.2 Å². The van der Waals surface area contributed by atoms with Crippen molar-refractivity contribution in [2.24, 2.45) is 0 Å². The Morgan fingerprint density at radius 2 is 2.16 bits per heavy atom. The first kappa shape index (κ1) is 18.7. The highest BCUT2D eigenvalue weighted by Gasteiger charge is 2.27. The van der Waals surface area contributed by atoms with Crippen LogP contribution in [-0.2, 0) is 16.0 Å². The molecule has 2 aliphatic rings. The van der Waals surface area contributed by atoms with E-state index in [0.29, 0.717) is 11.9 Å². The topological polar surface area (TPSA) is 41.6 Å². The molecular formula is C20H30N2O2S. The predicted molar refractivity (Wildman–Crippen MR) is 104 cm³/mol. The molecule has 0 aromatic heterocycles. The van der Waals surface area contributed by atoms with Crippen molar-refractivity contribution in [3.05, 3.63) is 35.4 Å². The molecule has 1 aromatic carbocycles. The molecule has 0 spiro atoms. The van der Waals surface area contributed by atoms with Gasteiger partial charge in [0.2, 0.25) is 5.91 Å². The van der Waals surface area contributed by atoms with Crippen LogP contribution in [0.4, 0.5) is 0 Å². The van der Waals surface area contributed by atoms with Crippen molar-refractivity contribution < 1.29 is 9.53 Å². The molecule has 4 nitrogen and oxygen atoms in total. The number of hydrogen-bond donors (Lipinski definition) is 1. The van der Waals surface area contributed by atoms with Crippen molar-refractivity contribution in [1.29, 1.82) is 0 Å². The third kappa shape index (κ3) is 5.22. The minimum atomic E-state index is 0.152. The van der Waals surface area contributed by atoms with Crippen LogP contribution in [0.2, 0.25) is 0 Å². The highest BCUT2D eigenvalue weighted by molar-refractivity contribution is 7.99. The number of amides is 1. The van der Waals surface area contributed by atoms with Crippen molar-refractivity contribution in [2.75, 3.05) is 37.7 Å². The predicted octanol–water partition coefficient (Wildman–Crippen LogP) is 3.02. The molecule has 1 N–H and O–H groups in total. The molecule has 2 fully saturated rings. The summed E-state index contributed by atoms with van der Waals surface area (Å²) >= 11 is 1.73. The van der Waals surface area contributed by atoms with Crippen molar-refractivity contribution in [3.63, 3.8) is 0 Å².